The van der Waals surface area contributed by atoms with Crippen molar-refractivity contribution in [2.45, 2.75) is 0 Å². The smallest absolute Gasteiger partial charge is 0.266 e. The number of fused-ring (bicyclic) bond motifs is 4. The number of benzene rings is 6. The lowest BCUT2D eigenvalue weighted by Gasteiger charge is -2.15. The molecule has 0 aliphatic heterocycles. The van der Waals surface area contributed by atoms with E-state index in [1.54, 1.807) is 4.57 Å². The molecule has 0 N–H and O–H groups in total. The summed E-state index contributed by atoms with van der Waals surface area (Å²) in [5.41, 5.74) is 7.71. The number of para-hydroxylation sites is 2. The molecule has 0 aliphatic rings. The maximum atomic E-state index is 14.3. The van der Waals surface area contributed by atoms with Crippen LogP contribution in [0.25, 0.3) is 66.6 Å². The third kappa shape index (κ3) is 3.85. The first-order chi connectivity index (χ1) is 20.8. The molecule has 0 amide bonds. The predicted molar refractivity (Wildman–Crippen MR) is 173 cm³/mol. The molecule has 4 nitrogen and oxygen atoms in total. The molecule has 0 radical (unpaired) electrons. The SMILES string of the molecule is O=c1c2cc(-n3c4ccccc4c4cc(-c5ccccc5)ccc43)ccc2nc(-c2ccccc2)n1-c1ccccc1. The summed E-state index contributed by atoms with van der Waals surface area (Å²) in [5, 5.41) is 2.92. The van der Waals surface area contributed by atoms with Crippen LogP contribution < -0.4 is 5.56 Å². The highest BCUT2D eigenvalue weighted by Gasteiger charge is 2.17. The number of nitrogens with zero attached hydrogens (tertiary/aromatic N) is 3. The summed E-state index contributed by atoms with van der Waals surface area (Å²) in [6.07, 6.45) is 0. The van der Waals surface area contributed by atoms with Crippen LogP contribution in [0.3, 0.4) is 0 Å². The first-order valence-corrected chi connectivity index (χ1v) is 14.0. The minimum absolute atomic E-state index is 0.0981. The lowest BCUT2D eigenvalue weighted by molar-refractivity contribution is 0.975. The van der Waals surface area contributed by atoms with Crippen LogP contribution in [0.1, 0.15) is 0 Å². The lowest BCUT2D eigenvalue weighted by Crippen LogP contribution is -2.22. The van der Waals surface area contributed by atoms with Crippen LogP contribution in [0.4, 0.5) is 0 Å². The second-order valence-corrected chi connectivity index (χ2v) is 10.4. The zero-order valence-corrected chi connectivity index (χ0v) is 22.7. The minimum Gasteiger partial charge on any atom is -0.309 e. The molecule has 0 bridgehead atoms. The molecule has 0 atom stereocenters. The van der Waals surface area contributed by atoms with Gasteiger partial charge in [-0.15, -0.1) is 0 Å². The normalized spacial score (nSPS) is 11.4. The zero-order chi connectivity index (χ0) is 28.0. The highest BCUT2D eigenvalue weighted by molar-refractivity contribution is 6.10. The third-order valence-electron chi connectivity index (χ3n) is 7.94. The second-order valence-electron chi connectivity index (χ2n) is 10.4. The van der Waals surface area contributed by atoms with Gasteiger partial charge in [0.15, 0.2) is 0 Å². The summed E-state index contributed by atoms with van der Waals surface area (Å²) in [5.74, 6) is 0.623. The van der Waals surface area contributed by atoms with Gasteiger partial charge in [0, 0.05) is 22.0 Å². The monoisotopic (exact) mass is 539 g/mol. The van der Waals surface area contributed by atoms with Crippen molar-refractivity contribution in [1.82, 2.24) is 14.1 Å². The molecule has 8 aromatic rings. The molecule has 6 aromatic carbocycles. The molecule has 42 heavy (non-hydrogen) atoms. The third-order valence-corrected chi connectivity index (χ3v) is 7.94. The number of hydrogen-bond acceptors (Lipinski definition) is 2. The molecule has 0 unspecified atom stereocenters. The predicted octanol–water partition coefficient (Wildman–Crippen LogP) is 8.82. The quantitative estimate of drug-likeness (QED) is 0.224. The molecule has 2 aromatic heterocycles. The van der Waals surface area contributed by atoms with Crippen molar-refractivity contribution in [3.05, 3.63) is 162 Å². The molecule has 4 heteroatoms. The van der Waals surface area contributed by atoms with Crippen LogP contribution >= 0.6 is 0 Å². The molecule has 2 heterocycles. The van der Waals surface area contributed by atoms with E-state index in [2.05, 4.69) is 77.4 Å². The highest BCUT2D eigenvalue weighted by Crippen LogP contribution is 2.35. The number of hydrogen-bond donors (Lipinski definition) is 0. The molecular weight excluding hydrogens is 514 g/mol. The first-order valence-electron chi connectivity index (χ1n) is 14.0. The van der Waals surface area contributed by atoms with Crippen LogP contribution in [-0.2, 0) is 0 Å². The van der Waals surface area contributed by atoms with Crippen LogP contribution in [-0.4, -0.2) is 14.1 Å². The molecule has 0 spiro atoms. The van der Waals surface area contributed by atoms with E-state index in [4.69, 9.17) is 4.98 Å². The summed E-state index contributed by atoms with van der Waals surface area (Å²) in [7, 11) is 0. The summed E-state index contributed by atoms with van der Waals surface area (Å²) < 4.78 is 3.97. The van der Waals surface area contributed by atoms with Gasteiger partial charge < -0.3 is 4.57 Å². The van der Waals surface area contributed by atoms with Crippen molar-refractivity contribution in [3.63, 3.8) is 0 Å². The van der Waals surface area contributed by atoms with Crippen molar-refractivity contribution in [2.75, 3.05) is 0 Å². The summed E-state index contributed by atoms with van der Waals surface area (Å²) in [4.78, 5) is 19.3. The van der Waals surface area contributed by atoms with E-state index in [0.29, 0.717) is 16.7 Å². The van der Waals surface area contributed by atoms with Crippen LogP contribution in [0.15, 0.2) is 156 Å². The molecular formula is C38H25N3O. The van der Waals surface area contributed by atoms with E-state index in [1.165, 1.54) is 21.9 Å². The van der Waals surface area contributed by atoms with Gasteiger partial charge in [0.05, 0.1) is 27.6 Å². The Hall–Kier alpha value is -5.74. The number of aromatic nitrogens is 3. The van der Waals surface area contributed by atoms with E-state index in [-0.39, 0.29) is 5.56 Å². The molecule has 8 rings (SSSR count). The Bertz CT molecular complexity index is 2300. The summed E-state index contributed by atoms with van der Waals surface area (Å²) >= 11 is 0. The largest absolute Gasteiger partial charge is 0.309 e. The van der Waals surface area contributed by atoms with Crippen molar-refractivity contribution >= 4 is 32.7 Å². The molecule has 0 saturated carbocycles. The van der Waals surface area contributed by atoms with Gasteiger partial charge in [-0.2, -0.15) is 0 Å². The van der Waals surface area contributed by atoms with E-state index in [0.717, 1.165) is 28.0 Å². The standard InChI is InChI=1S/C38H25N3O/c42-38-33-25-30(21-22-34(33)39-37(27-14-6-2-7-15-27)41(38)29-16-8-3-9-17-29)40-35-19-11-10-18-31(35)32-24-28(20-23-36(32)40)26-12-4-1-5-13-26/h1-25H. The van der Waals surface area contributed by atoms with Gasteiger partial charge in [0.2, 0.25) is 0 Å². The van der Waals surface area contributed by atoms with Gasteiger partial charge in [-0.05, 0) is 59.7 Å². The van der Waals surface area contributed by atoms with Gasteiger partial charge in [-0.25, -0.2) is 4.98 Å². The van der Waals surface area contributed by atoms with Crippen molar-refractivity contribution in [1.29, 1.82) is 0 Å². The minimum atomic E-state index is -0.0981. The number of rotatable bonds is 4. The van der Waals surface area contributed by atoms with Crippen LogP contribution in [0.5, 0.6) is 0 Å². The average molecular weight is 540 g/mol. The second kappa shape index (κ2) is 9.72. The molecule has 198 valence electrons. The van der Waals surface area contributed by atoms with Crippen molar-refractivity contribution < 1.29 is 0 Å². The highest BCUT2D eigenvalue weighted by atomic mass is 16.1. The van der Waals surface area contributed by atoms with Gasteiger partial charge in [-0.3, -0.25) is 9.36 Å². The average Bonchev–Trinajstić information content (AvgIpc) is 3.39. The molecule has 0 saturated heterocycles. The van der Waals surface area contributed by atoms with Gasteiger partial charge in [0.25, 0.3) is 5.56 Å². The van der Waals surface area contributed by atoms with Crippen molar-refractivity contribution in [2.24, 2.45) is 0 Å². The fourth-order valence-corrected chi connectivity index (χ4v) is 5.97. The zero-order valence-electron chi connectivity index (χ0n) is 22.7. The molecule has 0 aliphatic carbocycles. The van der Waals surface area contributed by atoms with Crippen LogP contribution in [0, 0.1) is 0 Å². The van der Waals surface area contributed by atoms with Gasteiger partial charge in [0.1, 0.15) is 5.82 Å². The summed E-state index contributed by atoms with van der Waals surface area (Å²) in [6, 6.07) is 51.1. The maximum Gasteiger partial charge on any atom is 0.266 e. The Labute approximate surface area is 242 Å². The molecule has 0 fully saturated rings. The Morgan fingerprint density at radius 1 is 0.429 bits per heavy atom. The summed E-state index contributed by atoms with van der Waals surface area (Å²) in [6.45, 7) is 0. The van der Waals surface area contributed by atoms with E-state index in [1.807, 2.05) is 78.9 Å². The topological polar surface area (TPSA) is 39.8 Å². The Kier molecular flexibility index (Phi) is 5.57. The van der Waals surface area contributed by atoms with Gasteiger partial charge >= 0.3 is 0 Å². The van der Waals surface area contributed by atoms with Crippen LogP contribution in [0.2, 0.25) is 0 Å². The maximum absolute atomic E-state index is 14.3. The fraction of sp³-hybridized carbons (Fsp3) is 0. The first kappa shape index (κ1) is 24.1. The Morgan fingerprint density at radius 2 is 1.07 bits per heavy atom. The van der Waals surface area contributed by atoms with E-state index >= 15 is 0 Å². The Balaban J connectivity index is 1.39. The van der Waals surface area contributed by atoms with Crippen molar-refractivity contribution in [3.8, 4) is 33.9 Å². The van der Waals surface area contributed by atoms with Gasteiger partial charge in [-0.1, -0.05) is 103 Å². The lowest BCUT2D eigenvalue weighted by atomic mass is 10.0. The Morgan fingerprint density at radius 3 is 1.83 bits per heavy atom. The van der Waals surface area contributed by atoms with E-state index in [9.17, 15) is 4.79 Å². The fourth-order valence-electron chi connectivity index (χ4n) is 5.97. The van der Waals surface area contributed by atoms with E-state index < -0.39 is 0 Å².